The van der Waals surface area contributed by atoms with Crippen molar-refractivity contribution in [2.24, 2.45) is 0 Å². The van der Waals surface area contributed by atoms with Gasteiger partial charge in [-0.25, -0.2) is 4.98 Å². The molecule has 2 aromatic rings. The number of methoxy groups -OCH3 is 1. The van der Waals surface area contributed by atoms with Crippen molar-refractivity contribution in [3.05, 3.63) is 35.6 Å². The Hall–Kier alpha value is -1.46. The third kappa shape index (κ3) is 2.81. The number of hydrogen-bond acceptors (Lipinski definition) is 5. The van der Waals surface area contributed by atoms with E-state index in [1.54, 1.807) is 0 Å². The van der Waals surface area contributed by atoms with E-state index in [2.05, 4.69) is 9.97 Å². The molecule has 0 saturated carbocycles. The number of benzene rings is 1. The van der Waals surface area contributed by atoms with Crippen LogP contribution < -0.4 is 10.5 Å². The fourth-order valence-corrected chi connectivity index (χ4v) is 2.36. The molecule has 0 fully saturated rings. The van der Waals surface area contributed by atoms with Crippen molar-refractivity contribution < 1.29 is 4.74 Å². The average molecular weight is 268 g/mol. The predicted molar refractivity (Wildman–Crippen MR) is 68.6 cm³/mol. The van der Waals surface area contributed by atoms with E-state index >= 15 is 0 Å². The van der Waals surface area contributed by atoms with Gasteiger partial charge in [-0.05, 0) is 18.2 Å². The van der Waals surface area contributed by atoms with Gasteiger partial charge in [-0.1, -0.05) is 29.4 Å². The van der Waals surface area contributed by atoms with Crippen molar-refractivity contribution in [1.82, 2.24) is 9.97 Å². The van der Waals surface area contributed by atoms with Gasteiger partial charge in [0.25, 0.3) is 0 Å². The smallest absolute Gasteiger partial charge is 0.241 e. The lowest BCUT2D eigenvalue weighted by Crippen LogP contribution is -1.98. The van der Waals surface area contributed by atoms with Crippen LogP contribution in [0.1, 0.15) is 0 Å². The zero-order valence-corrected chi connectivity index (χ0v) is 10.6. The highest BCUT2D eigenvalue weighted by Crippen LogP contribution is 2.34. The van der Waals surface area contributed by atoms with E-state index in [9.17, 15) is 0 Å². The van der Waals surface area contributed by atoms with Gasteiger partial charge in [-0.3, -0.25) is 0 Å². The minimum Gasteiger partial charge on any atom is -0.479 e. The Morgan fingerprint density at radius 2 is 2.18 bits per heavy atom. The summed E-state index contributed by atoms with van der Waals surface area (Å²) < 4.78 is 5.03. The van der Waals surface area contributed by atoms with Crippen molar-refractivity contribution in [3.8, 4) is 5.88 Å². The van der Waals surface area contributed by atoms with Gasteiger partial charge in [0, 0.05) is 9.92 Å². The minimum absolute atomic E-state index is 0.379. The predicted octanol–water partition coefficient (Wildman–Crippen LogP) is 2.87. The fourth-order valence-electron chi connectivity index (χ4n) is 1.25. The Bertz CT molecular complexity index is 536. The zero-order valence-electron chi connectivity index (χ0n) is 9.05. The van der Waals surface area contributed by atoms with Crippen LogP contribution in [0, 0.1) is 0 Å². The summed E-state index contributed by atoms with van der Waals surface area (Å²) in [5.41, 5.74) is 6.31. The summed E-state index contributed by atoms with van der Waals surface area (Å²) in [6.45, 7) is 0. The molecule has 0 radical (unpaired) electrons. The van der Waals surface area contributed by atoms with Gasteiger partial charge in [0.05, 0.1) is 7.11 Å². The van der Waals surface area contributed by atoms with Crippen LogP contribution in [0.25, 0.3) is 0 Å². The molecule has 17 heavy (non-hydrogen) atoms. The third-order valence-electron chi connectivity index (χ3n) is 2.01. The Kier molecular flexibility index (Phi) is 3.71. The molecule has 0 bridgehead atoms. The van der Waals surface area contributed by atoms with Crippen molar-refractivity contribution in [2.75, 3.05) is 12.8 Å². The SMILES string of the molecule is COc1ncnc(Sc2cccc(Cl)c2)c1N. The molecule has 0 spiro atoms. The molecule has 0 unspecified atom stereocenters. The third-order valence-corrected chi connectivity index (χ3v) is 3.26. The van der Waals surface area contributed by atoms with Gasteiger partial charge in [-0.2, -0.15) is 4.98 Å². The maximum atomic E-state index is 5.91. The van der Waals surface area contributed by atoms with Crippen molar-refractivity contribution in [2.45, 2.75) is 9.92 Å². The van der Waals surface area contributed by atoms with Gasteiger partial charge in [0.15, 0.2) is 0 Å². The highest BCUT2D eigenvalue weighted by molar-refractivity contribution is 7.99. The first-order valence-electron chi connectivity index (χ1n) is 4.78. The lowest BCUT2D eigenvalue weighted by Gasteiger charge is -2.07. The van der Waals surface area contributed by atoms with Gasteiger partial charge < -0.3 is 10.5 Å². The minimum atomic E-state index is 0.379. The van der Waals surface area contributed by atoms with E-state index < -0.39 is 0 Å². The molecule has 1 aromatic heterocycles. The molecule has 6 heteroatoms. The largest absolute Gasteiger partial charge is 0.479 e. The van der Waals surface area contributed by atoms with Crippen LogP contribution in [0.15, 0.2) is 40.5 Å². The highest BCUT2D eigenvalue weighted by atomic mass is 35.5. The summed E-state index contributed by atoms with van der Waals surface area (Å²) in [6, 6.07) is 7.47. The van der Waals surface area contributed by atoms with E-state index in [0.717, 1.165) is 4.90 Å². The fraction of sp³-hybridized carbons (Fsp3) is 0.0909. The zero-order chi connectivity index (χ0) is 12.3. The quantitative estimate of drug-likeness (QED) is 0.867. The molecular formula is C11H10ClN3OS. The first kappa shape index (κ1) is 12.0. The summed E-state index contributed by atoms with van der Waals surface area (Å²) in [6.07, 6.45) is 1.42. The second-order valence-corrected chi connectivity index (χ2v) is 4.66. The molecule has 0 amide bonds. The molecule has 88 valence electrons. The molecule has 0 atom stereocenters. The van der Waals surface area contributed by atoms with E-state index in [0.29, 0.717) is 21.6 Å². The van der Waals surface area contributed by atoms with Gasteiger partial charge in [0.1, 0.15) is 17.0 Å². The summed E-state index contributed by atoms with van der Waals surface area (Å²) >= 11 is 7.32. The Balaban J connectivity index is 2.30. The number of anilines is 1. The Morgan fingerprint density at radius 1 is 1.35 bits per heavy atom. The van der Waals surface area contributed by atoms with E-state index in [-0.39, 0.29) is 0 Å². The van der Waals surface area contributed by atoms with Crippen LogP contribution in [0.3, 0.4) is 0 Å². The molecule has 2 N–H and O–H groups in total. The summed E-state index contributed by atoms with van der Waals surface area (Å²) in [5.74, 6) is 0.379. The van der Waals surface area contributed by atoms with Crippen molar-refractivity contribution in [3.63, 3.8) is 0 Å². The number of hydrogen-bond donors (Lipinski definition) is 1. The van der Waals surface area contributed by atoms with Crippen LogP contribution in [0.2, 0.25) is 5.02 Å². The maximum absolute atomic E-state index is 5.91. The average Bonchev–Trinajstić information content (AvgIpc) is 2.32. The van der Waals surface area contributed by atoms with Crippen LogP contribution in [0.4, 0.5) is 5.69 Å². The molecule has 0 aliphatic carbocycles. The van der Waals surface area contributed by atoms with Crippen LogP contribution in [0.5, 0.6) is 5.88 Å². The number of aromatic nitrogens is 2. The summed E-state index contributed by atoms with van der Waals surface area (Å²) in [7, 11) is 1.52. The molecule has 0 aliphatic heterocycles. The van der Waals surface area contributed by atoms with Crippen LogP contribution in [-0.2, 0) is 0 Å². The van der Waals surface area contributed by atoms with Gasteiger partial charge in [-0.15, -0.1) is 0 Å². The van der Waals surface area contributed by atoms with Gasteiger partial charge in [0.2, 0.25) is 5.88 Å². The number of rotatable bonds is 3. The topological polar surface area (TPSA) is 61.0 Å². The number of ether oxygens (including phenoxy) is 1. The number of nitrogens with two attached hydrogens (primary N) is 1. The van der Waals surface area contributed by atoms with Crippen LogP contribution >= 0.6 is 23.4 Å². The summed E-state index contributed by atoms with van der Waals surface area (Å²) in [5, 5.41) is 1.33. The standard InChI is InChI=1S/C11H10ClN3OS/c1-16-10-9(13)11(15-6-14-10)17-8-4-2-3-7(12)5-8/h2-6H,13H2,1H3. The molecule has 1 aromatic carbocycles. The van der Waals surface area contributed by atoms with Crippen molar-refractivity contribution >= 4 is 29.1 Å². The van der Waals surface area contributed by atoms with E-state index in [1.165, 1.54) is 25.2 Å². The number of halogens is 1. The highest BCUT2D eigenvalue weighted by Gasteiger charge is 2.09. The molecule has 0 aliphatic rings. The molecular weight excluding hydrogens is 258 g/mol. The Morgan fingerprint density at radius 3 is 2.88 bits per heavy atom. The number of nitrogen functional groups attached to an aromatic ring is 1. The van der Waals surface area contributed by atoms with Crippen LogP contribution in [-0.4, -0.2) is 17.1 Å². The lowest BCUT2D eigenvalue weighted by molar-refractivity contribution is 0.397. The number of nitrogens with zero attached hydrogens (tertiary/aromatic N) is 2. The molecule has 1 heterocycles. The summed E-state index contributed by atoms with van der Waals surface area (Å²) in [4.78, 5) is 9.00. The van der Waals surface area contributed by atoms with Crippen molar-refractivity contribution in [1.29, 1.82) is 0 Å². The second kappa shape index (κ2) is 5.25. The monoisotopic (exact) mass is 267 g/mol. The van der Waals surface area contributed by atoms with E-state index in [1.807, 2.05) is 24.3 Å². The van der Waals surface area contributed by atoms with E-state index in [4.69, 9.17) is 22.1 Å². The molecule has 0 saturated heterocycles. The first-order valence-corrected chi connectivity index (χ1v) is 5.98. The lowest BCUT2D eigenvalue weighted by atomic mass is 10.4. The maximum Gasteiger partial charge on any atom is 0.241 e. The Labute approximate surface area is 108 Å². The normalized spacial score (nSPS) is 10.2. The first-order chi connectivity index (χ1) is 8.20. The molecule has 4 nitrogen and oxygen atoms in total. The second-order valence-electron chi connectivity index (χ2n) is 3.16. The van der Waals surface area contributed by atoms with Gasteiger partial charge >= 0.3 is 0 Å². The molecule has 2 rings (SSSR count).